The maximum absolute atomic E-state index is 12.4. The minimum atomic E-state index is -3.67. The molecule has 8 heteroatoms. The van der Waals surface area contributed by atoms with E-state index in [-0.39, 0.29) is 17.6 Å². The van der Waals surface area contributed by atoms with Crippen LogP contribution in [0.3, 0.4) is 0 Å². The van der Waals surface area contributed by atoms with Crippen molar-refractivity contribution in [1.29, 1.82) is 0 Å². The highest BCUT2D eigenvalue weighted by molar-refractivity contribution is 7.89. The number of nitrogens with one attached hydrogen (secondary N) is 1. The molecule has 1 aromatic rings. The fourth-order valence-electron chi connectivity index (χ4n) is 2.55. The summed E-state index contributed by atoms with van der Waals surface area (Å²) in [5.41, 5.74) is 5.51. The van der Waals surface area contributed by atoms with E-state index in [9.17, 15) is 13.5 Å². The van der Waals surface area contributed by atoms with Crippen molar-refractivity contribution >= 4 is 21.6 Å². The van der Waals surface area contributed by atoms with E-state index < -0.39 is 22.2 Å². The van der Waals surface area contributed by atoms with Gasteiger partial charge in [-0.3, -0.25) is 0 Å². The Morgan fingerprint density at radius 1 is 1.32 bits per heavy atom. The molecule has 1 aromatic carbocycles. The highest BCUT2D eigenvalue weighted by Crippen LogP contribution is 2.23. The third kappa shape index (κ3) is 4.41. The minimum absolute atomic E-state index is 0.0292. The molecule has 3 atom stereocenters. The Morgan fingerprint density at radius 3 is 2.59 bits per heavy atom. The Labute approximate surface area is 135 Å². The number of sulfonamides is 1. The molecular weight excluding hydrogens is 328 g/mol. The van der Waals surface area contributed by atoms with Crippen LogP contribution in [0.1, 0.15) is 19.3 Å². The molecule has 0 aromatic heterocycles. The first-order valence-electron chi connectivity index (χ1n) is 7.20. The number of nitrogens with two attached hydrogens (primary N) is 1. The number of aliphatic hydroxyl groups is 1. The van der Waals surface area contributed by atoms with Gasteiger partial charge >= 0.3 is 0 Å². The number of aliphatic hydroxyl groups excluding tert-OH is 1. The van der Waals surface area contributed by atoms with Crippen molar-refractivity contribution < 1.29 is 18.3 Å². The molecule has 0 bridgehead atoms. The van der Waals surface area contributed by atoms with Gasteiger partial charge in [0, 0.05) is 5.02 Å². The van der Waals surface area contributed by atoms with Gasteiger partial charge in [0.25, 0.3) is 0 Å². The number of hydrogen-bond acceptors (Lipinski definition) is 5. The summed E-state index contributed by atoms with van der Waals surface area (Å²) in [7, 11) is -3.67. The number of rotatable bonds is 6. The topological polar surface area (TPSA) is 102 Å². The van der Waals surface area contributed by atoms with Crippen molar-refractivity contribution in [1.82, 2.24) is 4.72 Å². The van der Waals surface area contributed by atoms with Crippen LogP contribution in [0.2, 0.25) is 5.02 Å². The van der Waals surface area contributed by atoms with Gasteiger partial charge in [-0.25, -0.2) is 13.1 Å². The summed E-state index contributed by atoms with van der Waals surface area (Å²) in [6.45, 7) is 0.263. The fourth-order valence-corrected chi connectivity index (χ4v) is 3.97. The van der Waals surface area contributed by atoms with E-state index >= 15 is 0 Å². The smallest absolute Gasteiger partial charge is 0.240 e. The summed E-state index contributed by atoms with van der Waals surface area (Å²) in [6.07, 6.45) is 1.42. The van der Waals surface area contributed by atoms with Crippen molar-refractivity contribution in [3.63, 3.8) is 0 Å². The molecule has 22 heavy (non-hydrogen) atoms. The molecule has 1 saturated heterocycles. The zero-order valence-electron chi connectivity index (χ0n) is 12.1. The normalized spacial score (nSPS) is 26.0. The molecular formula is C14H21ClN2O4S. The van der Waals surface area contributed by atoms with Crippen molar-refractivity contribution in [3.8, 4) is 0 Å². The highest BCUT2D eigenvalue weighted by Gasteiger charge is 2.33. The summed E-state index contributed by atoms with van der Waals surface area (Å²) in [6, 6.07) is 5.47. The van der Waals surface area contributed by atoms with E-state index in [0.717, 1.165) is 0 Å². The first kappa shape index (κ1) is 17.7. The second kappa shape index (κ2) is 7.72. The van der Waals surface area contributed by atoms with E-state index in [1.165, 1.54) is 24.3 Å². The molecule has 0 saturated carbocycles. The quantitative estimate of drug-likeness (QED) is 0.708. The average Bonchev–Trinajstić information content (AvgIpc) is 2.49. The standard InChI is InChI=1S/C14H21ClN2O4S/c15-10-1-4-12(5-2-10)22(19,20)17-13-6-3-11(7-8-16)21-14(13)9-18/h1-2,4-5,11,13-14,17-18H,3,6-9,16H2/t11-,13-,14-/m0/s1. The van der Waals surface area contributed by atoms with E-state index in [2.05, 4.69) is 4.72 Å². The van der Waals surface area contributed by atoms with Gasteiger partial charge in [0.05, 0.1) is 29.8 Å². The van der Waals surface area contributed by atoms with Gasteiger partial charge in [-0.05, 0) is 50.1 Å². The second-order valence-corrected chi connectivity index (χ2v) is 7.47. The monoisotopic (exact) mass is 348 g/mol. The average molecular weight is 349 g/mol. The molecule has 1 heterocycles. The van der Waals surface area contributed by atoms with E-state index in [1.807, 2.05) is 0 Å². The summed E-state index contributed by atoms with van der Waals surface area (Å²) in [4.78, 5) is 0.137. The van der Waals surface area contributed by atoms with Gasteiger partial charge in [0.2, 0.25) is 10.0 Å². The Morgan fingerprint density at radius 2 is 2.00 bits per heavy atom. The predicted octanol–water partition coefficient (Wildman–Crippen LogP) is 0.876. The molecule has 2 rings (SSSR count). The molecule has 0 amide bonds. The predicted molar refractivity (Wildman–Crippen MR) is 84.2 cm³/mol. The lowest BCUT2D eigenvalue weighted by Gasteiger charge is -2.35. The third-order valence-electron chi connectivity index (χ3n) is 3.71. The van der Waals surface area contributed by atoms with E-state index in [1.54, 1.807) is 0 Å². The lowest BCUT2D eigenvalue weighted by molar-refractivity contribution is -0.0867. The van der Waals surface area contributed by atoms with Crippen LogP contribution in [-0.2, 0) is 14.8 Å². The summed E-state index contributed by atoms with van der Waals surface area (Å²) >= 11 is 5.77. The lowest BCUT2D eigenvalue weighted by Crippen LogP contribution is -2.51. The largest absolute Gasteiger partial charge is 0.394 e. The van der Waals surface area contributed by atoms with E-state index in [4.69, 9.17) is 22.1 Å². The van der Waals surface area contributed by atoms with Crippen molar-refractivity contribution in [2.24, 2.45) is 5.73 Å². The molecule has 1 aliphatic rings. The Kier molecular flexibility index (Phi) is 6.19. The summed E-state index contributed by atoms with van der Waals surface area (Å²) in [5.74, 6) is 0. The van der Waals surface area contributed by atoms with Crippen molar-refractivity contribution in [2.45, 2.75) is 42.4 Å². The van der Waals surface area contributed by atoms with Crippen LogP contribution in [0.5, 0.6) is 0 Å². The Bertz CT molecular complexity index is 579. The first-order valence-corrected chi connectivity index (χ1v) is 9.06. The van der Waals surface area contributed by atoms with Crippen LogP contribution in [0, 0.1) is 0 Å². The molecule has 0 spiro atoms. The zero-order chi connectivity index (χ0) is 16.2. The molecule has 0 unspecified atom stereocenters. The lowest BCUT2D eigenvalue weighted by atomic mass is 9.98. The van der Waals surface area contributed by atoms with Crippen LogP contribution in [0.4, 0.5) is 0 Å². The van der Waals surface area contributed by atoms with Gasteiger partial charge in [-0.1, -0.05) is 11.6 Å². The number of benzene rings is 1. The number of hydrogen-bond donors (Lipinski definition) is 3. The van der Waals surface area contributed by atoms with Crippen molar-refractivity contribution in [3.05, 3.63) is 29.3 Å². The third-order valence-corrected chi connectivity index (χ3v) is 5.47. The Balaban J connectivity index is 2.07. The molecule has 124 valence electrons. The molecule has 1 aliphatic heterocycles. The second-order valence-electron chi connectivity index (χ2n) is 5.32. The van der Waals surface area contributed by atoms with Gasteiger partial charge in [-0.15, -0.1) is 0 Å². The number of ether oxygens (including phenoxy) is 1. The van der Waals surface area contributed by atoms with Gasteiger partial charge in [0.1, 0.15) is 0 Å². The highest BCUT2D eigenvalue weighted by atomic mass is 35.5. The fraction of sp³-hybridized carbons (Fsp3) is 0.571. The van der Waals surface area contributed by atoms with Crippen LogP contribution >= 0.6 is 11.6 Å². The van der Waals surface area contributed by atoms with Gasteiger partial charge in [-0.2, -0.15) is 0 Å². The summed E-state index contributed by atoms with van der Waals surface area (Å²) < 4.78 is 33.1. The molecule has 0 aliphatic carbocycles. The van der Waals surface area contributed by atoms with Crippen LogP contribution in [-0.4, -0.2) is 44.9 Å². The zero-order valence-corrected chi connectivity index (χ0v) is 13.7. The van der Waals surface area contributed by atoms with Gasteiger partial charge < -0.3 is 15.6 Å². The number of halogens is 1. The molecule has 6 nitrogen and oxygen atoms in total. The maximum Gasteiger partial charge on any atom is 0.240 e. The van der Waals surface area contributed by atoms with Crippen LogP contribution < -0.4 is 10.5 Å². The first-order chi connectivity index (χ1) is 10.5. The maximum atomic E-state index is 12.4. The van der Waals surface area contributed by atoms with Gasteiger partial charge in [0.15, 0.2) is 0 Å². The van der Waals surface area contributed by atoms with Crippen LogP contribution in [0.25, 0.3) is 0 Å². The van der Waals surface area contributed by atoms with E-state index in [0.29, 0.717) is 30.8 Å². The van der Waals surface area contributed by atoms with Crippen LogP contribution in [0.15, 0.2) is 29.2 Å². The molecule has 1 fully saturated rings. The van der Waals surface area contributed by atoms with Crippen molar-refractivity contribution in [2.75, 3.05) is 13.2 Å². The SMILES string of the molecule is NCC[C@@H]1CC[C@H](NS(=O)(=O)c2ccc(Cl)cc2)[C@H](CO)O1. The summed E-state index contributed by atoms with van der Waals surface area (Å²) in [5, 5.41) is 9.91. The molecule has 4 N–H and O–H groups in total. The molecule has 0 radical (unpaired) electrons. The minimum Gasteiger partial charge on any atom is -0.394 e. The Hall–Kier alpha value is -0.700.